The number of nitrogens with two attached hydrogens (primary N) is 1. The third kappa shape index (κ3) is 2.07. The first-order valence-electron chi connectivity index (χ1n) is 7.55. The van der Waals surface area contributed by atoms with Gasteiger partial charge in [-0.1, -0.05) is 0 Å². The molecule has 0 aliphatic heterocycles. The van der Waals surface area contributed by atoms with Crippen molar-refractivity contribution >= 4 is 5.91 Å². The summed E-state index contributed by atoms with van der Waals surface area (Å²) < 4.78 is 0. The maximum absolute atomic E-state index is 12.6. The van der Waals surface area contributed by atoms with Crippen molar-refractivity contribution in [3.05, 3.63) is 0 Å². The molecule has 0 aromatic heterocycles. The second-order valence-corrected chi connectivity index (χ2v) is 7.15. The first-order valence-corrected chi connectivity index (χ1v) is 7.55. The van der Waals surface area contributed by atoms with E-state index in [0.29, 0.717) is 30.2 Å². The van der Waals surface area contributed by atoms with Crippen molar-refractivity contribution in [3.63, 3.8) is 0 Å². The molecule has 1 unspecified atom stereocenters. The van der Waals surface area contributed by atoms with E-state index >= 15 is 0 Å². The molecular weight excluding hydrogens is 224 g/mol. The lowest BCUT2D eigenvalue weighted by molar-refractivity contribution is -0.147. The van der Waals surface area contributed by atoms with E-state index in [0.717, 1.165) is 11.8 Å². The minimum atomic E-state index is 0.0794. The molecule has 2 N–H and O–H groups in total. The van der Waals surface area contributed by atoms with Gasteiger partial charge in [-0.15, -0.1) is 0 Å². The average Bonchev–Trinajstić information content (AvgIpc) is 2.26. The van der Waals surface area contributed by atoms with Gasteiger partial charge >= 0.3 is 0 Å². The molecule has 1 atom stereocenters. The molecule has 0 aromatic carbocycles. The number of carbonyl (C=O) groups excluding carboxylic acids is 1. The fourth-order valence-corrected chi connectivity index (χ4v) is 5.10. The normalized spacial score (nSPS) is 42.9. The Balaban J connectivity index is 1.70. The van der Waals surface area contributed by atoms with Crippen LogP contribution in [0.4, 0.5) is 0 Å². The average molecular weight is 250 g/mol. The van der Waals surface area contributed by atoms with Crippen molar-refractivity contribution in [2.75, 3.05) is 13.6 Å². The van der Waals surface area contributed by atoms with Gasteiger partial charge in [0.05, 0.1) is 0 Å². The summed E-state index contributed by atoms with van der Waals surface area (Å²) >= 11 is 0. The molecule has 4 rings (SSSR count). The van der Waals surface area contributed by atoms with E-state index in [1.54, 1.807) is 0 Å². The standard InChI is InChI=1S/C15H26N2O/c1-9(16)8-17(2)15(18)14-12-4-10-3-11(6-12)7-13(14)5-10/h9-14H,3-8,16H2,1-2H3. The molecule has 4 saturated carbocycles. The highest BCUT2D eigenvalue weighted by molar-refractivity contribution is 5.79. The lowest BCUT2D eigenvalue weighted by atomic mass is 9.51. The van der Waals surface area contributed by atoms with Gasteiger partial charge in [-0.05, 0) is 62.7 Å². The Hall–Kier alpha value is -0.570. The lowest BCUT2D eigenvalue weighted by Crippen LogP contribution is -2.52. The summed E-state index contributed by atoms with van der Waals surface area (Å²) in [5.41, 5.74) is 5.81. The molecule has 4 aliphatic carbocycles. The molecule has 0 spiro atoms. The SMILES string of the molecule is CC(N)CN(C)C(=O)C1C2CC3CC(C2)CC1C3. The number of hydrogen-bond donors (Lipinski definition) is 1. The van der Waals surface area contributed by atoms with Crippen molar-refractivity contribution in [2.45, 2.75) is 45.1 Å². The molecule has 18 heavy (non-hydrogen) atoms. The molecule has 0 aromatic rings. The summed E-state index contributed by atoms with van der Waals surface area (Å²) in [6.45, 7) is 2.67. The molecule has 3 heteroatoms. The predicted octanol–water partition coefficient (Wildman–Crippen LogP) is 1.86. The van der Waals surface area contributed by atoms with Crippen LogP contribution in [0.1, 0.15) is 39.0 Å². The quantitative estimate of drug-likeness (QED) is 0.831. The van der Waals surface area contributed by atoms with Crippen LogP contribution in [0.2, 0.25) is 0 Å². The van der Waals surface area contributed by atoms with Gasteiger partial charge in [0.25, 0.3) is 0 Å². The Morgan fingerprint density at radius 3 is 2.11 bits per heavy atom. The molecule has 1 amide bonds. The van der Waals surface area contributed by atoms with E-state index in [1.165, 1.54) is 32.1 Å². The van der Waals surface area contributed by atoms with Gasteiger partial charge in [0, 0.05) is 25.6 Å². The van der Waals surface area contributed by atoms with Crippen LogP contribution in [0.3, 0.4) is 0 Å². The summed E-state index contributed by atoms with van der Waals surface area (Å²) in [5, 5.41) is 0. The minimum absolute atomic E-state index is 0.0794. The first-order chi connectivity index (χ1) is 8.54. The van der Waals surface area contributed by atoms with Gasteiger partial charge in [0.15, 0.2) is 0 Å². The van der Waals surface area contributed by atoms with E-state index in [1.807, 2.05) is 18.9 Å². The predicted molar refractivity (Wildman–Crippen MR) is 71.8 cm³/mol. The third-order valence-corrected chi connectivity index (χ3v) is 5.45. The zero-order chi connectivity index (χ0) is 12.9. The van der Waals surface area contributed by atoms with Gasteiger partial charge in [0.2, 0.25) is 5.91 Å². The summed E-state index contributed by atoms with van der Waals surface area (Å²) in [5.74, 6) is 3.95. The number of rotatable bonds is 3. The molecule has 0 radical (unpaired) electrons. The smallest absolute Gasteiger partial charge is 0.226 e. The highest BCUT2D eigenvalue weighted by Crippen LogP contribution is 2.56. The number of carbonyl (C=O) groups is 1. The van der Waals surface area contributed by atoms with Crippen LogP contribution in [0.25, 0.3) is 0 Å². The molecule has 0 saturated heterocycles. The van der Waals surface area contributed by atoms with Crippen LogP contribution in [0, 0.1) is 29.6 Å². The van der Waals surface area contributed by atoms with E-state index in [2.05, 4.69) is 0 Å². The lowest BCUT2D eigenvalue weighted by Gasteiger charge is -2.54. The van der Waals surface area contributed by atoms with Crippen molar-refractivity contribution < 1.29 is 4.79 Å². The van der Waals surface area contributed by atoms with Crippen molar-refractivity contribution in [3.8, 4) is 0 Å². The van der Waals surface area contributed by atoms with Crippen LogP contribution in [0.5, 0.6) is 0 Å². The van der Waals surface area contributed by atoms with Crippen LogP contribution in [-0.4, -0.2) is 30.4 Å². The molecule has 4 bridgehead atoms. The summed E-state index contributed by atoms with van der Waals surface area (Å²) in [7, 11) is 1.93. The fourth-order valence-electron chi connectivity index (χ4n) is 5.10. The van der Waals surface area contributed by atoms with Crippen LogP contribution in [-0.2, 0) is 4.79 Å². The Morgan fingerprint density at radius 2 is 1.67 bits per heavy atom. The minimum Gasteiger partial charge on any atom is -0.344 e. The summed E-state index contributed by atoms with van der Waals surface area (Å²) in [6, 6.07) is 0.0794. The van der Waals surface area contributed by atoms with Gasteiger partial charge in [0.1, 0.15) is 0 Å². The highest BCUT2D eigenvalue weighted by atomic mass is 16.2. The molecule has 102 valence electrons. The molecule has 0 heterocycles. The first kappa shape index (κ1) is 12.5. The second kappa shape index (κ2) is 4.52. The van der Waals surface area contributed by atoms with Gasteiger partial charge in [-0.2, -0.15) is 0 Å². The molecule has 4 fully saturated rings. The van der Waals surface area contributed by atoms with E-state index in [9.17, 15) is 4.79 Å². The maximum atomic E-state index is 12.6. The van der Waals surface area contributed by atoms with E-state index in [4.69, 9.17) is 5.73 Å². The Morgan fingerprint density at radius 1 is 1.17 bits per heavy atom. The Labute approximate surface area is 110 Å². The topological polar surface area (TPSA) is 46.3 Å². The number of likely N-dealkylation sites (N-methyl/N-ethyl adjacent to an activating group) is 1. The van der Waals surface area contributed by atoms with Crippen molar-refractivity contribution in [2.24, 2.45) is 35.3 Å². The second-order valence-electron chi connectivity index (χ2n) is 7.15. The van der Waals surface area contributed by atoms with Crippen molar-refractivity contribution in [1.82, 2.24) is 4.90 Å². The number of amides is 1. The van der Waals surface area contributed by atoms with Gasteiger partial charge in [-0.3, -0.25) is 4.79 Å². The largest absolute Gasteiger partial charge is 0.344 e. The van der Waals surface area contributed by atoms with Gasteiger partial charge in [-0.25, -0.2) is 0 Å². The molecule has 3 nitrogen and oxygen atoms in total. The number of nitrogens with zero attached hydrogens (tertiary/aromatic N) is 1. The Kier molecular flexibility index (Phi) is 3.13. The Bertz CT molecular complexity index is 311. The van der Waals surface area contributed by atoms with E-state index < -0.39 is 0 Å². The summed E-state index contributed by atoms with van der Waals surface area (Å²) in [4.78, 5) is 14.5. The van der Waals surface area contributed by atoms with Crippen LogP contribution in [0.15, 0.2) is 0 Å². The zero-order valence-corrected chi connectivity index (χ0v) is 11.6. The van der Waals surface area contributed by atoms with Crippen LogP contribution < -0.4 is 5.73 Å². The number of hydrogen-bond acceptors (Lipinski definition) is 2. The van der Waals surface area contributed by atoms with E-state index in [-0.39, 0.29) is 6.04 Å². The maximum Gasteiger partial charge on any atom is 0.226 e. The van der Waals surface area contributed by atoms with Crippen LogP contribution >= 0.6 is 0 Å². The highest BCUT2D eigenvalue weighted by Gasteiger charge is 2.51. The zero-order valence-electron chi connectivity index (χ0n) is 11.6. The third-order valence-electron chi connectivity index (χ3n) is 5.45. The molecule has 4 aliphatic rings. The monoisotopic (exact) mass is 250 g/mol. The summed E-state index contributed by atoms with van der Waals surface area (Å²) in [6.07, 6.45) is 6.71. The fraction of sp³-hybridized carbons (Fsp3) is 0.933. The van der Waals surface area contributed by atoms with Crippen molar-refractivity contribution in [1.29, 1.82) is 0 Å². The molecular formula is C15H26N2O. The van der Waals surface area contributed by atoms with Gasteiger partial charge < -0.3 is 10.6 Å².